The molecule has 1 aliphatic rings. The number of anilines is 2. The number of nitrogens with one attached hydrogen (secondary N) is 1. The number of nitrogens with zero attached hydrogens (tertiary/aromatic N) is 2. The molecule has 0 unspecified atom stereocenters. The number of hydrogen-bond donors (Lipinski definition) is 1. The molecule has 0 radical (unpaired) electrons. The standard InChI is InChI=1S/C11H8F3N3O/c1-18-17-3-2-16-9-5-8(11(12,13)14)7(6-15)4-10(9)17/h2-5,16H,1H3. The molecule has 0 amide bonds. The molecule has 4 nitrogen and oxygen atoms in total. The van der Waals surface area contributed by atoms with Crippen molar-refractivity contribution in [3.05, 3.63) is 35.7 Å². The van der Waals surface area contributed by atoms with Crippen LogP contribution in [0.2, 0.25) is 0 Å². The van der Waals surface area contributed by atoms with Crippen LogP contribution >= 0.6 is 0 Å². The van der Waals surface area contributed by atoms with E-state index in [4.69, 9.17) is 10.1 Å². The van der Waals surface area contributed by atoms with Gasteiger partial charge in [0, 0.05) is 12.4 Å². The molecule has 94 valence electrons. The molecule has 1 aliphatic heterocycles. The van der Waals surface area contributed by atoms with Gasteiger partial charge in [-0.3, -0.25) is 4.84 Å². The summed E-state index contributed by atoms with van der Waals surface area (Å²) in [5.74, 6) is 0. The lowest BCUT2D eigenvalue weighted by Gasteiger charge is -2.25. The fraction of sp³-hybridized carbons (Fsp3) is 0.182. The highest BCUT2D eigenvalue weighted by atomic mass is 19.4. The molecule has 0 saturated heterocycles. The smallest absolute Gasteiger partial charge is 0.358 e. The third kappa shape index (κ3) is 1.98. The van der Waals surface area contributed by atoms with Gasteiger partial charge in [-0.05, 0) is 12.1 Å². The van der Waals surface area contributed by atoms with Crippen molar-refractivity contribution < 1.29 is 18.0 Å². The summed E-state index contributed by atoms with van der Waals surface area (Å²) in [6.07, 6.45) is -1.63. The van der Waals surface area contributed by atoms with Gasteiger partial charge in [-0.15, -0.1) is 0 Å². The Kier molecular flexibility index (Phi) is 2.88. The van der Waals surface area contributed by atoms with Gasteiger partial charge < -0.3 is 5.32 Å². The number of nitriles is 1. The monoisotopic (exact) mass is 255 g/mol. The SMILES string of the molecule is CON1C=CNc2cc(C(F)(F)F)c(C#N)cc21. The van der Waals surface area contributed by atoms with Crippen molar-refractivity contribution in [1.29, 1.82) is 5.26 Å². The Morgan fingerprint density at radius 3 is 2.67 bits per heavy atom. The van der Waals surface area contributed by atoms with Gasteiger partial charge in [0.2, 0.25) is 0 Å². The number of alkyl halides is 3. The van der Waals surface area contributed by atoms with Crippen molar-refractivity contribution in [1.82, 2.24) is 0 Å². The average molecular weight is 255 g/mol. The van der Waals surface area contributed by atoms with Gasteiger partial charge in [0.05, 0.1) is 35.7 Å². The Morgan fingerprint density at radius 1 is 1.39 bits per heavy atom. The minimum absolute atomic E-state index is 0.227. The summed E-state index contributed by atoms with van der Waals surface area (Å²) in [6, 6.07) is 3.57. The minimum atomic E-state index is -4.57. The summed E-state index contributed by atoms with van der Waals surface area (Å²) < 4.78 is 38.2. The fourth-order valence-corrected chi connectivity index (χ4v) is 1.65. The van der Waals surface area contributed by atoms with Crippen LogP contribution in [0.15, 0.2) is 24.5 Å². The molecule has 1 aromatic carbocycles. The Hall–Kier alpha value is -2.20. The molecule has 0 aromatic heterocycles. The fourth-order valence-electron chi connectivity index (χ4n) is 1.65. The molecule has 1 heterocycles. The minimum Gasteiger partial charge on any atom is -0.358 e. The maximum absolute atomic E-state index is 12.7. The van der Waals surface area contributed by atoms with Crippen molar-refractivity contribution in [3.63, 3.8) is 0 Å². The number of hydrogen-bond acceptors (Lipinski definition) is 4. The van der Waals surface area contributed by atoms with E-state index < -0.39 is 17.3 Å². The molecule has 1 N–H and O–H groups in total. The van der Waals surface area contributed by atoms with Crippen molar-refractivity contribution in [2.24, 2.45) is 0 Å². The van der Waals surface area contributed by atoms with Gasteiger partial charge in [-0.1, -0.05) is 0 Å². The number of rotatable bonds is 1. The topological polar surface area (TPSA) is 48.3 Å². The third-order valence-electron chi connectivity index (χ3n) is 2.44. The highest BCUT2D eigenvalue weighted by Gasteiger charge is 2.35. The molecule has 0 saturated carbocycles. The van der Waals surface area contributed by atoms with Crippen LogP contribution in [-0.2, 0) is 11.0 Å². The number of fused-ring (bicyclic) bond motifs is 1. The van der Waals surface area contributed by atoms with Crippen molar-refractivity contribution in [2.45, 2.75) is 6.18 Å². The van der Waals surface area contributed by atoms with E-state index in [2.05, 4.69) is 5.32 Å². The molecule has 0 spiro atoms. The summed E-state index contributed by atoms with van der Waals surface area (Å²) in [6.45, 7) is 0. The zero-order valence-electron chi connectivity index (χ0n) is 9.25. The Labute approximate surface area is 101 Å². The highest BCUT2D eigenvalue weighted by Crippen LogP contribution is 2.39. The summed E-state index contributed by atoms with van der Waals surface area (Å²) in [4.78, 5) is 4.96. The Bertz CT molecular complexity index is 546. The second kappa shape index (κ2) is 4.23. The summed E-state index contributed by atoms with van der Waals surface area (Å²) >= 11 is 0. The number of benzene rings is 1. The predicted octanol–water partition coefficient (Wildman–Crippen LogP) is 2.84. The second-order valence-electron chi connectivity index (χ2n) is 3.49. The van der Waals surface area contributed by atoms with Crippen LogP contribution in [0.1, 0.15) is 11.1 Å². The molecule has 1 aromatic rings. The highest BCUT2D eigenvalue weighted by molar-refractivity contribution is 5.76. The molecule has 0 bridgehead atoms. The molecule has 7 heteroatoms. The largest absolute Gasteiger partial charge is 0.417 e. The lowest BCUT2D eigenvalue weighted by Crippen LogP contribution is -2.20. The summed E-state index contributed by atoms with van der Waals surface area (Å²) in [5, 5.41) is 12.7. The van der Waals surface area contributed by atoms with Crippen LogP contribution in [0.5, 0.6) is 0 Å². The van der Waals surface area contributed by atoms with Crippen LogP contribution in [0.25, 0.3) is 0 Å². The van der Waals surface area contributed by atoms with Gasteiger partial charge in [-0.25, -0.2) is 5.06 Å². The molecule has 2 rings (SSSR count). The lowest BCUT2D eigenvalue weighted by atomic mass is 10.0. The maximum atomic E-state index is 12.7. The van der Waals surface area contributed by atoms with Gasteiger partial charge in [0.15, 0.2) is 0 Å². The molecular weight excluding hydrogens is 247 g/mol. The van der Waals surface area contributed by atoms with Crippen LogP contribution in [0.4, 0.5) is 24.5 Å². The van der Waals surface area contributed by atoms with E-state index in [1.165, 1.54) is 24.6 Å². The lowest BCUT2D eigenvalue weighted by molar-refractivity contribution is -0.137. The molecule has 0 fully saturated rings. The molecule has 0 aliphatic carbocycles. The quantitative estimate of drug-likeness (QED) is 0.838. The van der Waals surface area contributed by atoms with Crippen LogP contribution in [0.3, 0.4) is 0 Å². The van der Waals surface area contributed by atoms with E-state index in [0.717, 1.165) is 12.1 Å². The van der Waals surface area contributed by atoms with E-state index in [1.54, 1.807) is 6.07 Å². The molecular formula is C11H8F3N3O. The Balaban J connectivity index is 2.61. The van der Waals surface area contributed by atoms with Gasteiger partial charge in [0.1, 0.15) is 0 Å². The van der Waals surface area contributed by atoms with Crippen molar-refractivity contribution in [2.75, 3.05) is 17.5 Å². The van der Waals surface area contributed by atoms with E-state index in [0.29, 0.717) is 5.69 Å². The number of hydroxylamine groups is 1. The van der Waals surface area contributed by atoms with E-state index >= 15 is 0 Å². The third-order valence-corrected chi connectivity index (χ3v) is 2.44. The van der Waals surface area contributed by atoms with Crippen LogP contribution < -0.4 is 10.4 Å². The van der Waals surface area contributed by atoms with Crippen molar-refractivity contribution in [3.8, 4) is 6.07 Å². The predicted molar refractivity (Wildman–Crippen MR) is 58.4 cm³/mol. The van der Waals surface area contributed by atoms with Gasteiger partial charge >= 0.3 is 6.18 Å². The van der Waals surface area contributed by atoms with Gasteiger partial charge in [0.25, 0.3) is 0 Å². The number of halogens is 3. The maximum Gasteiger partial charge on any atom is 0.417 e. The van der Waals surface area contributed by atoms with Gasteiger partial charge in [-0.2, -0.15) is 18.4 Å². The van der Waals surface area contributed by atoms with E-state index in [1.807, 2.05) is 0 Å². The first kappa shape index (κ1) is 12.3. The first-order chi connectivity index (χ1) is 8.47. The van der Waals surface area contributed by atoms with Crippen molar-refractivity contribution >= 4 is 11.4 Å². The summed E-state index contributed by atoms with van der Waals surface area (Å²) in [5.41, 5.74) is -0.835. The molecule has 0 atom stereocenters. The first-order valence-electron chi connectivity index (χ1n) is 4.89. The summed E-state index contributed by atoms with van der Waals surface area (Å²) in [7, 11) is 1.38. The van der Waals surface area contributed by atoms with E-state index in [9.17, 15) is 13.2 Å². The second-order valence-corrected chi connectivity index (χ2v) is 3.49. The zero-order chi connectivity index (χ0) is 13.3. The van der Waals surface area contributed by atoms with E-state index in [-0.39, 0.29) is 5.69 Å². The Morgan fingerprint density at radius 2 is 2.11 bits per heavy atom. The normalized spacial score (nSPS) is 13.8. The van der Waals surface area contributed by atoms with Crippen LogP contribution in [0, 0.1) is 11.3 Å². The van der Waals surface area contributed by atoms with Crippen LogP contribution in [-0.4, -0.2) is 7.11 Å². The molecule has 18 heavy (non-hydrogen) atoms. The first-order valence-corrected chi connectivity index (χ1v) is 4.89. The average Bonchev–Trinajstić information content (AvgIpc) is 2.35. The zero-order valence-corrected chi connectivity index (χ0v) is 9.25.